The number of aryl methyl sites for hydroxylation is 2. The summed E-state index contributed by atoms with van der Waals surface area (Å²) in [5.41, 5.74) is 0.965. The summed E-state index contributed by atoms with van der Waals surface area (Å²) in [7, 11) is 0. The molecule has 5 heteroatoms. The van der Waals surface area contributed by atoms with Gasteiger partial charge in [0.25, 0.3) is 0 Å². The second kappa shape index (κ2) is 5.33. The largest absolute Gasteiger partial charge is 0.480 e. The molecule has 0 saturated carbocycles. The summed E-state index contributed by atoms with van der Waals surface area (Å²) in [6, 6.07) is 1.46. The maximum absolute atomic E-state index is 11.3. The fraction of sp³-hybridized carbons (Fsp3) is 0.615. The van der Waals surface area contributed by atoms with E-state index in [1.54, 1.807) is 0 Å². The highest BCUT2D eigenvalue weighted by Gasteiger charge is 2.29. The summed E-state index contributed by atoms with van der Waals surface area (Å²) in [6.45, 7) is 4.65. The van der Waals surface area contributed by atoms with E-state index in [1.165, 1.54) is 0 Å². The average Bonchev–Trinajstić information content (AvgIpc) is 2.38. The Balaban J connectivity index is 2.33. The Morgan fingerprint density at radius 1 is 1.50 bits per heavy atom. The molecule has 1 atom stereocenters. The van der Waals surface area contributed by atoms with Crippen LogP contribution in [0.2, 0.25) is 0 Å². The third kappa shape index (κ3) is 2.60. The predicted molar refractivity (Wildman–Crippen MR) is 68.8 cm³/mol. The van der Waals surface area contributed by atoms with Crippen molar-refractivity contribution in [3.8, 4) is 0 Å². The third-order valence-electron chi connectivity index (χ3n) is 3.32. The summed E-state index contributed by atoms with van der Waals surface area (Å²) in [4.78, 5) is 21.9. The minimum atomic E-state index is -0.760. The van der Waals surface area contributed by atoms with Crippen molar-refractivity contribution in [3.63, 3.8) is 0 Å². The SMILES string of the molecule is CCc1cc(N2CCCCC2C(=O)O)nc(C)n1. The number of carboxylic acids is 1. The van der Waals surface area contributed by atoms with E-state index in [9.17, 15) is 9.90 Å². The molecule has 1 saturated heterocycles. The van der Waals surface area contributed by atoms with Crippen molar-refractivity contribution in [1.29, 1.82) is 0 Å². The van der Waals surface area contributed by atoms with Gasteiger partial charge in [-0.3, -0.25) is 0 Å². The number of hydrogen-bond donors (Lipinski definition) is 1. The van der Waals surface area contributed by atoms with Crippen LogP contribution in [0.4, 0.5) is 5.82 Å². The van der Waals surface area contributed by atoms with Crippen molar-refractivity contribution in [1.82, 2.24) is 9.97 Å². The average molecular weight is 249 g/mol. The Labute approximate surface area is 107 Å². The van der Waals surface area contributed by atoms with Crippen LogP contribution in [-0.2, 0) is 11.2 Å². The van der Waals surface area contributed by atoms with Gasteiger partial charge >= 0.3 is 5.97 Å². The molecule has 0 amide bonds. The molecule has 1 unspecified atom stereocenters. The number of nitrogens with zero attached hydrogens (tertiary/aromatic N) is 3. The topological polar surface area (TPSA) is 66.3 Å². The van der Waals surface area contributed by atoms with E-state index in [-0.39, 0.29) is 0 Å². The first-order valence-corrected chi connectivity index (χ1v) is 6.46. The summed E-state index contributed by atoms with van der Waals surface area (Å²) in [5, 5.41) is 9.28. The number of aliphatic carboxylic acids is 1. The number of hydrogen-bond acceptors (Lipinski definition) is 4. The van der Waals surface area contributed by atoms with Crippen molar-refractivity contribution < 1.29 is 9.90 Å². The molecule has 1 aromatic rings. The molecule has 2 heterocycles. The van der Waals surface area contributed by atoms with Gasteiger partial charge in [-0.25, -0.2) is 14.8 Å². The molecule has 2 rings (SSSR count). The van der Waals surface area contributed by atoms with Gasteiger partial charge in [-0.1, -0.05) is 6.92 Å². The molecule has 0 aliphatic carbocycles. The maximum atomic E-state index is 11.3. The number of carboxylic acid groups (broad SMARTS) is 1. The van der Waals surface area contributed by atoms with Crippen LogP contribution in [0.15, 0.2) is 6.07 Å². The fourth-order valence-corrected chi connectivity index (χ4v) is 2.40. The molecule has 0 aromatic carbocycles. The first kappa shape index (κ1) is 12.8. The van der Waals surface area contributed by atoms with Crippen LogP contribution in [0.25, 0.3) is 0 Å². The van der Waals surface area contributed by atoms with Crippen LogP contribution in [0, 0.1) is 6.92 Å². The molecule has 1 aliphatic heterocycles. The van der Waals surface area contributed by atoms with Gasteiger partial charge in [0.2, 0.25) is 0 Å². The smallest absolute Gasteiger partial charge is 0.326 e. The number of rotatable bonds is 3. The Morgan fingerprint density at radius 2 is 2.28 bits per heavy atom. The molecule has 0 spiro atoms. The van der Waals surface area contributed by atoms with E-state index >= 15 is 0 Å². The van der Waals surface area contributed by atoms with Crippen LogP contribution in [-0.4, -0.2) is 33.6 Å². The van der Waals surface area contributed by atoms with E-state index in [0.717, 1.165) is 37.3 Å². The molecule has 0 radical (unpaired) electrons. The molecule has 1 fully saturated rings. The predicted octanol–water partition coefficient (Wildman–Crippen LogP) is 1.79. The maximum Gasteiger partial charge on any atom is 0.326 e. The normalized spacial score (nSPS) is 19.9. The quantitative estimate of drug-likeness (QED) is 0.884. The van der Waals surface area contributed by atoms with Crippen LogP contribution in [0.1, 0.15) is 37.7 Å². The molecule has 5 nitrogen and oxygen atoms in total. The van der Waals surface area contributed by atoms with Crippen LogP contribution in [0.5, 0.6) is 0 Å². The van der Waals surface area contributed by atoms with E-state index in [1.807, 2.05) is 24.8 Å². The van der Waals surface area contributed by atoms with Gasteiger partial charge in [0, 0.05) is 18.3 Å². The summed E-state index contributed by atoms with van der Waals surface area (Å²) < 4.78 is 0. The molecule has 1 aliphatic rings. The fourth-order valence-electron chi connectivity index (χ4n) is 2.40. The Kier molecular flexibility index (Phi) is 3.79. The second-order valence-corrected chi connectivity index (χ2v) is 4.66. The number of aromatic nitrogens is 2. The van der Waals surface area contributed by atoms with Gasteiger partial charge in [0.05, 0.1) is 0 Å². The summed E-state index contributed by atoms with van der Waals surface area (Å²) >= 11 is 0. The monoisotopic (exact) mass is 249 g/mol. The first-order valence-electron chi connectivity index (χ1n) is 6.46. The van der Waals surface area contributed by atoms with Crippen molar-refractivity contribution >= 4 is 11.8 Å². The lowest BCUT2D eigenvalue weighted by Crippen LogP contribution is -2.45. The lowest BCUT2D eigenvalue weighted by atomic mass is 10.0. The number of anilines is 1. The molecular weight excluding hydrogens is 230 g/mol. The third-order valence-corrected chi connectivity index (χ3v) is 3.32. The van der Waals surface area contributed by atoms with Crippen LogP contribution >= 0.6 is 0 Å². The van der Waals surface area contributed by atoms with Gasteiger partial charge in [-0.05, 0) is 32.6 Å². The zero-order chi connectivity index (χ0) is 13.1. The molecule has 18 heavy (non-hydrogen) atoms. The van der Waals surface area contributed by atoms with Gasteiger partial charge in [-0.15, -0.1) is 0 Å². The number of piperidine rings is 1. The minimum absolute atomic E-state index is 0.447. The standard InChI is InChI=1S/C13H19N3O2/c1-3-10-8-12(15-9(2)14-10)16-7-5-4-6-11(16)13(17)18/h8,11H,3-7H2,1-2H3,(H,17,18). The van der Waals surface area contributed by atoms with Crippen molar-refractivity contribution in [2.75, 3.05) is 11.4 Å². The second-order valence-electron chi connectivity index (χ2n) is 4.66. The van der Waals surface area contributed by atoms with Crippen LogP contribution in [0.3, 0.4) is 0 Å². The Hall–Kier alpha value is -1.65. The highest BCUT2D eigenvalue weighted by Crippen LogP contribution is 2.24. The zero-order valence-electron chi connectivity index (χ0n) is 10.9. The lowest BCUT2D eigenvalue weighted by Gasteiger charge is -2.34. The van der Waals surface area contributed by atoms with E-state index in [2.05, 4.69) is 9.97 Å². The molecule has 1 N–H and O–H groups in total. The molecule has 0 bridgehead atoms. The summed E-state index contributed by atoms with van der Waals surface area (Å²) in [5.74, 6) is 0.703. The first-order chi connectivity index (χ1) is 8.61. The molecule has 98 valence electrons. The highest BCUT2D eigenvalue weighted by molar-refractivity contribution is 5.78. The van der Waals surface area contributed by atoms with Gasteiger partial charge < -0.3 is 10.0 Å². The number of carbonyl (C=O) groups is 1. The van der Waals surface area contributed by atoms with Crippen LogP contribution < -0.4 is 4.90 Å². The van der Waals surface area contributed by atoms with E-state index < -0.39 is 12.0 Å². The Morgan fingerprint density at radius 3 is 2.94 bits per heavy atom. The molecular formula is C13H19N3O2. The van der Waals surface area contributed by atoms with Crippen molar-refractivity contribution in [2.24, 2.45) is 0 Å². The van der Waals surface area contributed by atoms with E-state index in [4.69, 9.17) is 0 Å². The van der Waals surface area contributed by atoms with Gasteiger partial charge in [0.1, 0.15) is 17.7 Å². The van der Waals surface area contributed by atoms with Crippen molar-refractivity contribution in [3.05, 3.63) is 17.6 Å². The Bertz CT molecular complexity index is 448. The molecule has 1 aromatic heterocycles. The highest BCUT2D eigenvalue weighted by atomic mass is 16.4. The summed E-state index contributed by atoms with van der Waals surface area (Å²) in [6.07, 6.45) is 3.52. The van der Waals surface area contributed by atoms with Crippen molar-refractivity contribution in [2.45, 2.75) is 45.6 Å². The zero-order valence-corrected chi connectivity index (χ0v) is 10.9. The lowest BCUT2D eigenvalue weighted by molar-refractivity contribution is -0.139. The van der Waals surface area contributed by atoms with E-state index in [0.29, 0.717) is 12.2 Å². The minimum Gasteiger partial charge on any atom is -0.480 e. The van der Waals surface area contributed by atoms with Gasteiger partial charge in [-0.2, -0.15) is 0 Å². The van der Waals surface area contributed by atoms with Gasteiger partial charge in [0.15, 0.2) is 0 Å².